The molecule has 0 atom stereocenters. The summed E-state index contributed by atoms with van der Waals surface area (Å²) in [7, 11) is 0. The van der Waals surface area contributed by atoms with Crippen LogP contribution in [0.5, 0.6) is 0 Å². The zero-order chi connectivity index (χ0) is 13.0. The summed E-state index contributed by atoms with van der Waals surface area (Å²) in [5, 5.41) is 2.88. The van der Waals surface area contributed by atoms with Crippen LogP contribution in [0.25, 0.3) is 0 Å². The molecule has 0 saturated heterocycles. The van der Waals surface area contributed by atoms with Crippen molar-refractivity contribution in [2.75, 3.05) is 10.7 Å². The van der Waals surface area contributed by atoms with Gasteiger partial charge in [-0.05, 0) is 24.3 Å². The average molecular weight is 264 g/mol. The second kappa shape index (κ2) is 5.44. The van der Waals surface area contributed by atoms with Crippen molar-refractivity contribution in [2.24, 2.45) is 5.84 Å². The number of hydrogen-bond donors (Lipinski definition) is 3. The van der Waals surface area contributed by atoms with Gasteiger partial charge in [0.25, 0.3) is 5.91 Å². The lowest BCUT2D eigenvalue weighted by atomic mass is 10.3. The van der Waals surface area contributed by atoms with Crippen molar-refractivity contribution in [3.63, 3.8) is 0 Å². The molecule has 1 amide bonds. The number of halogens is 1. The van der Waals surface area contributed by atoms with Gasteiger partial charge in [0, 0.05) is 6.20 Å². The molecule has 0 saturated carbocycles. The fourth-order valence-electron chi connectivity index (χ4n) is 1.31. The van der Waals surface area contributed by atoms with Gasteiger partial charge in [0.15, 0.2) is 0 Å². The summed E-state index contributed by atoms with van der Waals surface area (Å²) in [6.45, 7) is 0. The van der Waals surface area contributed by atoms with Crippen molar-refractivity contribution < 1.29 is 4.79 Å². The van der Waals surface area contributed by atoms with Crippen LogP contribution in [0.3, 0.4) is 0 Å². The van der Waals surface area contributed by atoms with Crippen LogP contribution in [-0.4, -0.2) is 15.9 Å². The first-order valence-corrected chi connectivity index (χ1v) is 5.43. The van der Waals surface area contributed by atoms with E-state index in [9.17, 15) is 4.79 Å². The maximum Gasteiger partial charge on any atom is 0.275 e. The Bertz CT molecular complexity index is 561. The third kappa shape index (κ3) is 2.73. The van der Waals surface area contributed by atoms with Gasteiger partial charge in [-0.1, -0.05) is 11.6 Å². The summed E-state index contributed by atoms with van der Waals surface area (Å²) in [4.78, 5) is 19.8. The van der Waals surface area contributed by atoms with Crippen LogP contribution in [0.4, 0.5) is 11.5 Å². The zero-order valence-electron chi connectivity index (χ0n) is 9.22. The number of carbonyl (C=O) groups is 1. The van der Waals surface area contributed by atoms with Gasteiger partial charge in [-0.2, -0.15) is 0 Å². The summed E-state index contributed by atoms with van der Waals surface area (Å²) in [5.41, 5.74) is 3.01. The number of hydrazine groups is 1. The highest BCUT2D eigenvalue weighted by molar-refractivity contribution is 6.34. The zero-order valence-corrected chi connectivity index (χ0v) is 9.98. The molecule has 0 fully saturated rings. The van der Waals surface area contributed by atoms with E-state index in [2.05, 4.69) is 20.7 Å². The Morgan fingerprint density at radius 3 is 2.83 bits per heavy atom. The van der Waals surface area contributed by atoms with Crippen LogP contribution in [0, 0.1) is 0 Å². The number of nitrogens with zero attached hydrogens (tertiary/aromatic N) is 2. The monoisotopic (exact) mass is 263 g/mol. The summed E-state index contributed by atoms with van der Waals surface area (Å²) in [6.07, 6.45) is 3.14. The number of anilines is 2. The predicted molar refractivity (Wildman–Crippen MR) is 69.2 cm³/mol. The highest BCUT2D eigenvalue weighted by Gasteiger charge is 2.13. The quantitative estimate of drug-likeness (QED) is 0.579. The van der Waals surface area contributed by atoms with Gasteiger partial charge in [0.2, 0.25) is 0 Å². The molecule has 2 aromatic rings. The molecule has 0 spiro atoms. The lowest BCUT2D eigenvalue weighted by Gasteiger charge is -2.07. The average Bonchev–Trinajstić information content (AvgIpc) is 2.40. The lowest BCUT2D eigenvalue weighted by molar-refractivity contribution is 0.102. The topological polar surface area (TPSA) is 92.9 Å². The standard InChI is InChI=1S/C11H10ClN5O/c12-8-3-4-9(17-13)16-10(8)11(18)15-7-2-1-5-14-6-7/h1-6H,13H2,(H,15,18)(H,16,17). The van der Waals surface area contributed by atoms with Crippen LogP contribution < -0.4 is 16.6 Å². The van der Waals surface area contributed by atoms with E-state index >= 15 is 0 Å². The molecule has 6 nitrogen and oxygen atoms in total. The number of rotatable bonds is 3. The molecule has 0 aliphatic heterocycles. The Kier molecular flexibility index (Phi) is 3.71. The summed E-state index contributed by atoms with van der Waals surface area (Å²) >= 11 is 5.91. The van der Waals surface area contributed by atoms with Gasteiger partial charge in [-0.15, -0.1) is 0 Å². The van der Waals surface area contributed by atoms with E-state index in [1.54, 1.807) is 30.5 Å². The van der Waals surface area contributed by atoms with Gasteiger partial charge in [0.05, 0.1) is 16.9 Å². The van der Waals surface area contributed by atoms with E-state index in [1.165, 1.54) is 6.20 Å². The lowest BCUT2D eigenvalue weighted by Crippen LogP contribution is -2.16. The van der Waals surface area contributed by atoms with E-state index in [0.717, 1.165) is 0 Å². The molecule has 4 N–H and O–H groups in total. The summed E-state index contributed by atoms with van der Waals surface area (Å²) in [5.74, 6) is 5.16. The molecule has 0 aliphatic carbocycles. The second-order valence-corrected chi connectivity index (χ2v) is 3.77. The predicted octanol–water partition coefficient (Wildman–Crippen LogP) is 1.67. The fourth-order valence-corrected chi connectivity index (χ4v) is 1.50. The van der Waals surface area contributed by atoms with E-state index in [1.807, 2.05) is 0 Å². The van der Waals surface area contributed by atoms with Crippen molar-refractivity contribution in [3.05, 3.63) is 47.4 Å². The number of nitrogen functional groups attached to an aromatic ring is 1. The third-order valence-electron chi connectivity index (χ3n) is 2.13. The molecule has 0 radical (unpaired) electrons. The summed E-state index contributed by atoms with van der Waals surface area (Å²) in [6, 6.07) is 6.54. The first kappa shape index (κ1) is 12.3. The second-order valence-electron chi connectivity index (χ2n) is 3.37. The maximum atomic E-state index is 11.9. The van der Waals surface area contributed by atoms with Gasteiger partial charge in [-0.25, -0.2) is 10.8 Å². The number of nitrogens with one attached hydrogen (secondary N) is 2. The molecule has 2 rings (SSSR count). The Morgan fingerprint density at radius 2 is 2.17 bits per heavy atom. The highest BCUT2D eigenvalue weighted by atomic mass is 35.5. The Morgan fingerprint density at radius 1 is 1.33 bits per heavy atom. The maximum absolute atomic E-state index is 11.9. The van der Waals surface area contributed by atoms with Crippen molar-refractivity contribution in [1.82, 2.24) is 9.97 Å². The molecule has 18 heavy (non-hydrogen) atoms. The minimum Gasteiger partial charge on any atom is -0.319 e. The van der Waals surface area contributed by atoms with Crippen molar-refractivity contribution in [1.29, 1.82) is 0 Å². The van der Waals surface area contributed by atoms with Crippen LogP contribution >= 0.6 is 11.6 Å². The Hall–Kier alpha value is -2.18. The molecule has 0 unspecified atom stereocenters. The SMILES string of the molecule is NNc1ccc(Cl)c(C(=O)Nc2cccnc2)n1. The molecular weight excluding hydrogens is 254 g/mol. The number of amides is 1. The number of carbonyl (C=O) groups excluding carboxylic acids is 1. The molecular formula is C11H10ClN5O. The molecule has 2 aromatic heterocycles. The van der Waals surface area contributed by atoms with Gasteiger partial charge in [-0.3, -0.25) is 9.78 Å². The van der Waals surface area contributed by atoms with Gasteiger partial charge in [0.1, 0.15) is 11.5 Å². The van der Waals surface area contributed by atoms with Gasteiger partial charge >= 0.3 is 0 Å². The molecule has 2 heterocycles. The molecule has 0 aromatic carbocycles. The van der Waals surface area contributed by atoms with Crippen molar-refractivity contribution >= 4 is 29.0 Å². The molecule has 7 heteroatoms. The number of aromatic nitrogens is 2. The first-order valence-electron chi connectivity index (χ1n) is 5.05. The number of nitrogens with two attached hydrogens (primary N) is 1. The van der Waals surface area contributed by atoms with Crippen LogP contribution in [0.15, 0.2) is 36.7 Å². The minimum absolute atomic E-state index is 0.0935. The fraction of sp³-hybridized carbons (Fsp3) is 0. The van der Waals surface area contributed by atoms with Crippen molar-refractivity contribution in [2.45, 2.75) is 0 Å². The third-order valence-corrected chi connectivity index (χ3v) is 2.43. The normalized spacial score (nSPS) is 9.89. The van der Waals surface area contributed by atoms with E-state index < -0.39 is 5.91 Å². The minimum atomic E-state index is -0.426. The molecule has 92 valence electrons. The van der Waals surface area contributed by atoms with Crippen LogP contribution in [0.2, 0.25) is 5.02 Å². The Labute approximate surface area is 108 Å². The van der Waals surface area contributed by atoms with Crippen LogP contribution in [0.1, 0.15) is 10.5 Å². The number of hydrogen-bond acceptors (Lipinski definition) is 5. The highest BCUT2D eigenvalue weighted by Crippen LogP contribution is 2.17. The molecule has 0 aliphatic rings. The van der Waals surface area contributed by atoms with E-state index in [0.29, 0.717) is 11.5 Å². The van der Waals surface area contributed by atoms with Crippen LogP contribution in [-0.2, 0) is 0 Å². The Balaban J connectivity index is 2.23. The van der Waals surface area contributed by atoms with Gasteiger partial charge < -0.3 is 10.7 Å². The van der Waals surface area contributed by atoms with E-state index in [4.69, 9.17) is 17.4 Å². The molecule has 0 bridgehead atoms. The van der Waals surface area contributed by atoms with E-state index in [-0.39, 0.29) is 10.7 Å². The summed E-state index contributed by atoms with van der Waals surface area (Å²) < 4.78 is 0. The largest absolute Gasteiger partial charge is 0.319 e. The van der Waals surface area contributed by atoms with Crippen molar-refractivity contribution in [3.8, 4) is 0 Å². The first-order chi connectivity index (χ1) is 8.70. The smallest absolute Gasteiger partial charge is 0.275 e. The number of pyridine rings is 2.